The SMILES string of the molecule is NC(=S)N/N=c1\c(C=O)coc2ccccc12. The van der Waals surface area contributed by atoms with E-state index in [9.17, 15) is 4.79 Å². The highest BCUT2D eigenvalue weighted by Crippen LogP contribution is 2.09. The molecule has 0 amide bonds. The number of carbonyl (C=O) groups excluding carboxylic acids is 1. The summed E-state index contributed by atoms with van der Waals surface area (Å²) in [5, 5.41) is 5.19. The number of nitrogens with one attached hydrogen (secondary N) is 1. The fraction of sp³-hybridized carbons (Fsp3) is 0. The smallest absolute Gasteiger partial charge is 0.184 e. The number of hydrogen-bond acceptors (Lipinski definition) is 4. The summed E-state index contributed by atoms with van der Waals surface area (Å²) >= 11 is 4.66. The van der Waals surface area contributed by atoms with Crippen molar-refractivity contribution >= 4 is 34.6 Å². The fourth-order valence-electron chi connectivity index (χ4n) is 1.42. The maximum atomic E-state index is 10.9. The lowest BCUT2D eigenvalue weighted by atomic mass is 10.2. The number of thiocarbonyl (C=S) groups is 1. The molecule has 6 heteroatoms. The van der Waals surface area contributed by atoms with Gasteiger partial charge in [-0.15, -0.1) is 0 Å². The molecule has 1 aromatic heterocycles. The molecule has 0 saturated carbocycles. The molecule has 86 valence electrons. The number of nitrogens with zero attached hydrogens (tertiary/aromatic N) is 1. The molecule has 1 aromatic carbocycles. The van der Waals surface area contributed by atoms with E-state index in [2.05, 4.69) is 22.7 Å². The van der Waals surface area contributed by atoms with Crippen molar-refractivity contribution in [3.05, 3.63) is 41.4 Å². The van der Waals surface area contributed by atoms with Crippen molar-refractivity contribution in [1.82, 2.24) is 5.43 Å². The third kappa shape index (κ3) is 2.31. The molecule has 0 radical (unpaired) electrons. The highest BCUT2D eigenvalue weighted by Gasteiger charge is 2.03. The van der Waals surface area contributed by atoms with Gasteiger partial charge in [0.15, 0.2) is 11.4 Å². The van der Waals surface area contributed by atoms with E-state index in [0.29, 0.717) is 28.2 Å². The van der Waals surface area contributed by atoms with E-state index in [0.717, 1.165) is 0 Å². The van der Waals surface area contributed by atoms with Crippen molar-refractivity contribution < 1.29 is 9.21 Å². The van der Waals surface area contributed by atoms with Gasteiger partial charge < -0.3 is 10.2 Å². The Morgan fingerprint density at radius 3 is 2.94 bits per heavy atom. The molecular weight excluding hydrogens is 238 g/mol. The molecule has 0 aliphatic carbocycles. The minimum atomic E-state index is 0.0340. The minimum Gasteiger partial charge on any atom is -0.463 e. The third-order valence-electron chi connectivity index (χ3n) is 2.13. The van der Waals surface area contributed by atoms with Crippen molar-refractivity contribution in [2.45, 2.75) is 0 Å². The number of fused-ring (bicyclic) bond motifs is 1. The number of benzene rings is 1. The summed E-state index contributed by atoms with van der Waals surface area (Å²) in [4.78, 5) is 10.9. The Morgan fingerprint density at radius 2 is 2.24 bits per heavy atom. The first kappa shape index (κ1) is 11.3. The summed E-state index contributed by atoms with van der Waals surface area (Å²) in [5.41, 5.74) is 8.71. The van der Waals surface area contributed by atoms with Crippen LogP contribution in [0, 0.1) is 0 Å². The van der Waals surface area contributed by atoms with Crippen LogP contribution in [0.15, 0.2) is 40.0 Å². The molecule has 2 aromatic rings. The predicted octanol–water partition coefficient (Wildman–Crippen LogP) is 0.894. The first-order valence-corrected chi connectivity index (χ1v) is 5.18. The first-order chi connectivity index (χ1) is 8.22. The van der Waals surface area contributed by atoms with Gasteiger partial charge in [0.05, 0.1) is 5.56 Å². The lowest BCUT2D eigenvalue weighted by Gasteiger charge is -2.00. The Balaban J connectivity index is 2.75. The lowest BCUT2D eigenvalue weighted by Crippen LogP contribution is -2.27. The van der Waals surface area contributed by atoms with Crippen LogP contribution >= 0.6 is 12.2 Å². The number of carbonyl (C=O) groups is 1. The molecule has 1 heterocycles. The molecule has 5 nitrogen and oxygen atoms in total. The summed E-state index contributed by atoms with van der Waals surface area (Å²) in [5.74, 6) is 0. The molecule has 3 N–H and O–H groups in total. The van der Waals surface area contributed by atoms with E-state index in [-0.39, 0.29) is 5.11 Å². The zero-order chi connectivity index (χ0) is 12.3. The van der Waals surface area contributed by atoms with E-state index in [1.165, 1.54) is 6.26 Å². The van der Waals surface area contributed by atoms with Gasteiger partial charge in [0, 0.05) is 5.39 Å². The molecule has 0 unspecified atom stereocenters. The van der Waals surface area contributed by atoms with Crippen molar-refractivity contribution in [3.63, 3.8) is 0 Å². The second-order valence-corrected chi connectivity index (χ2v) is 3.68. The summed E-state index contributed by atoms with van der Waals surface area (Å²) in [6.07, 6.45) is 2.01. The van der Waals surface area contributed by atoms with Gasteiger partial charge in [-0.05, 0) is 24.4 Å². The monoisotopic (exact) mass is 247 g/mol. The summed E-state index contributed by atoms with van der Waals surface area (Å²) in [6, 6.07) is 7.24. The van der Waals surface area contributed by atoms with E-state index in [1.807, 2.05) is 12.1 Å². The van der Waals surface area contributed by atoms with Crippen LogP contribution in [-0.2, 0) is 0 Å². The van der Waals surface area contributed by atoms with Gasteiger partial charge in [-0.3, -0.25) is 10.2 Å². The van der Waals surface area contributed by atoms with E-state index in [4.69, 9.17) is 10.2 Å². The van der Waals surface area contributed by atoms with Crippen LogP contribution in [0.4, 0.5) is 0 Å². The van der Waals surface area contributed by atoms with Gasteiger partial charge >= 0.3 is 0 Å². The zero-order valence-corrected chi connectivity index (χ0v) is 9.53. The lowest BCUT2D eigenvalue weighted by molar-refractivity contribution is 0.112. The van der Waals surface area contributed by atoms with Crippen molar-refractivity contribution in [2.24, 2.45) is 10.8 Å². The second kappa shape index (κ2) is 4.75. The third-order valence-corrected chi connectivity index (χ3v) is 2.22. The number of aldehydes is 1. The van der Waals surface area contributed by atoms with Crippen molar-refractivity contribution in [3.8, 4) is 0 Å². The fourth-order valence-corrected chi connectivity index (χ4v) is 1.47. The van der Waals surface area contributed by atoms with E-state index in [1.54, 1.807) is 12.1 Å². The van der Waals surface area contributed by atoms with Crippen LogP contribution in [0.3, 0.4) is 0 Å². The van der Waals surface area contributed by atoms with Crippen LogP contribution in [0.25, 0.3) is 11.0 Å². The Bertz CT molecular complexity index is 648. The highest BCUT2D eigenvalue weighted by molar-refractivity contribution is 7.80. The largest absolute Gasteiger partial charge is 0.463 e. The number of nitrogens with two attached hydrogens (primary N) is 1. The Kier molecular flexibility index (Phi) is 3.15. The summed E-state index contributed by atoms with van der Waals surface area (Å²) in [6.45, 7) is 0. The molecule has 0 fully saturated rings. The quantitative estimate of drug-likeness (QED) is 0.468. The first-order valence-electron chi connectivity index (χ1n) is 4.77. The maximum absolute atomic E-state index is 10.9. The average molecular weight is 247 g/mol. The van der Waals surface area contributed by atoms with Gasteiger partial charge in [0.2, 0.25) is 0 Å². The van der Waals surface area contributed by atoms with E-state index >= 15 is 0 Å². The van der Waals surface area contributed by atoms with Crippen LogP contribution in [0.1, 0.15) is 10.4 Å². The van der Waals surface area contributed by atoms with Crippen molar-refractivity contribution in [2.75, 3.05) is 0 Å². The molecule has 0 bridgehead atoms. The van der Waals surface area contributed by atoms with Crippen LogP contribution in [0.5, 0.6) is 0 Å². The van der Waals surface area contributed by atoms with E-state index < -0.39 is 0 Å². The van der Waals surface area contributed by atoms with Crippen LogP contribution in [-0.4, -0.2) is 11.4 Å². The topological polar surface area (TPSA) is 80.6 Å². The summed E-state index contributed by atoms with van der Waals surface area (Å²) < 4.78 is 5.30. The minimum absolute atomic E-state index is 0.0340. The summed E-state index contributed by atoms with van der Waals surface area (Å²) in [7, 11) is 0. The second-order valence-electron chi connectivity index (χ2n) is 3.24. The molecule has 0 saturated heterocycles. The Labute approximate surface area is 102 Å². The number of para-hydroxylation sites is 1. The van der Waals surface area contributed by atoms with Gasteiger partial charge in [-0.1, -0.05) is 12.1 Å². The van der Waals surface area contributed by atoms with Crippen LogP contribution in [0.2, 0.25) is 0 Å². The zero-order valence-electron chi connectivity index (χ0n) is 8.71. The Hall–Kier alpha value is -2.21. The number of hydrogen-bond donors (Lipinski definition) is 2. The molecule has 0 spiro atoms. The molecule has 0 aliphatic heterocycles. The molecular formula is C11H9N3O2S. The molecule has 2 rings (SSSR count). The van der Waals surface area contributed by atoms with Gasteiger partial charge in [0.1, 0.15) is 17.2 Å². The maximum Gasteiger partial charge on any atom is 0.184 e. The molecule has 0 atom stereocenters. The highest BCUT2D eigenvalue weighted by atomic mass is 32.1. The van der Waals surface area contributed by atoms with Crippen molar-refractivity contribution in [1.29, 1.82) is 0 Å². The standard InChI is InChI=1S/C11H9N3O2S/c12-11(17)14-13-10-7(5-15)6-16-9-4-2-1-3-8(9)10/h1-6H,(H3,12,14,17)/b13-10+. The van der Waals surface area contributed by atoms with Gasteiger partial charge in [-0.2, -0.15) is 5.10 Å². The van der Waals surface area contributed by atoms with Gasteiger partial charge in [0.25, 0.3) is 0 Å². The Morgan fingerprint density at radius 1 is 1.47 bits per heavy atom. The molecule has 0 aliphatic rings. The van der Waals surface area contributed by atoms with Crippen LogP contribution < -0.4 is 16.5 Å². The normalized spacial score (nSPS) is 11.4. The predicted molar refractivity (Wildman–Crippen MR) is 67.1 cm³/mol. The number of rotatable bonds is 2. The molecule has 17 heavy (non-hydrogen) atoms. The van der Waals surface area contributed by atoms with Gasteiger partial charge in [-0.25, -0.2) is 0 Å². The average Bonchev–Trinajstić information content (AvgIpc) is 2.35.